The van der Waals surface area contributed by atoms with Gasteiger partial charge in [-0.05, 0) is 62.8 Å². The van der Waals surface area contributed by atoms with Gasteiger partial charge in [-0.15, -0.1) is 0 Å². The molecule has 234 valence electrons. The first-order valence-corrected chi connectivity index (χ1v) is 16.0. The molecule has 0 radical (unpaired) electrons. The van der Waals surface area contributed by atoms with Gasteiger partial charge in [0.15, 0.2) is 0 Å². The quantitative estimate of drug-likeness (QED) is 0.225. The molecule has 3 amide bonds. The van der Waals surface area contributed by atoms with E-state index in [4.69, 9.17) is 4.74 Å². The van der Waals surface area contributed by atoms with Crippen molar-refractivity contribution < 1.29 is 19.1 Å². The number of nitrogens with zero attached hydrogens (tertiary/aromatic N) is 1. The molecule has 1 aliphatic rings. The van der Waals surface area contributed by atoms with Gasteiger partial charge in [-0.1, -0.05) is 107 Å². The summed E-state index contributed by atoms with van der Waals surface area (Å²) in [6.45, 7) is 11.8. The average Bonchev–Trinajstić information content (AvgIpc) is 2.98. The lowest BCUT2D eigenvalue weighted by Crippen LogP contribution is -2.54. The maximum absolute atomic E-state index is 14.6. The van der Waals surface area contributed by atoms with Crippen molar-refractivity contribution in [2.75, 3.05) is 6.54 Å². The minimum atomic E-state index is -0.920. The number of rotatable bonds is 14. The normalized spacial score (nSPS) is 15.2. The van der Waals surface area contributed by atoms with Crippen molar-refractivity contribution in [3.63, 3.8) is 0 Å². The fourth-order valence-electron chi connectivity index (χ4n) is 5.63. The molecule has 7 heteroatoms. The molecule has 1 fully saturated rings. The number of hydrogen-bond donors (Lipinski definition) is 2. The Morgan fingerprint density at radius 2 is 1.72 bits per heavy atom. The van der Waals surface area contributed by atoms with Crippen molar-refractivity contribution in [3.8, 4) is 0 Å². The molecule has 2 atom stereocenters. The molecule has 1 saturated carbocycles. The molecule has 2 N–H and O–H groups in total. The highest BCUT2D eigenvalue weighted by Gasteiger charge is 2.37. The van der Waals surface area contributed by atoms with Crippen LogP contribution in [0.5, 0.6) is 0 Å². The number of ether oxygens (including phenoxy) is 1. The van der Waals surface area contributed by atoms with Gasteiger partial charge in [0, 0.05) is 19.0 Å². The maximum atomic E-state index is 14.6. The summed E-state index contributed by atoms with van der Waals surface area (Å²) in [6.07, 6.45) is 10.4. The van der Waals surface area contributed by atoms with Gasteiger partial charge in [-0.3, -0.25) is 9.59 Å². The van der Waals surface area contributed by atoms with Crippen molar-refractivity contribution in [2.24, 2.45) is 0 Å². The van der Waals surface area contributed by atoms with E-state index in [1.165, 1.54) is 6.42 Å². The van der Waals surface area contributed by atoms with Crippen molar-refractivity contribution >= 4 is 24.0 Å². The molecule has 2 aromatic carbocycles. The number of nitrogens with one attached hydrogen (secondary N) is 2. The van der Waals surface area contributed by atoms with Crippen LogP contribution < -0.4 is 10.6 Å². The molecule has 2 aromatic rings. The van der Waals surface area contributed by atoms with E-state index < -0.39 is 23.8 Å². The molecule has 1 aliphatic carbocycles. The molecule has 7 nitrogen and oxygen atoms in total. The average molecular weight is 590 g/mol. The summed E-state index contributed by atoms with van der Waals surface area (Å²) in [5, 5.41) is 6.13. The zero-order valence-electron chi connectivity index (χ0n) is 26.6. The van der Waals surface area contributed by atoms with E-state index in [2.05, 4.69) is 24.1 Å². The SMILES string of the molecule is C=Cc1cccc(C(C(=O)NC2CCCCC2)N(CCCCCC)C(=O)C(Cc2ccccc2)NC(=O)OC(C)(C)C)c1. The van der Waals surface area contributed by atoms with E-state index in [-0.39, 0.29) is 24.3 Å². The molecule has 0 aromatic heterocycles. The van der Waals surface area contributed by atoms with Crippen LogP contribution in [0, 0.1) is 0 Å². The molecule has 2 unspecified atom stereocenters. The second-order valence-corrected chi connectivity index (χ2v) is 12.6. The molecular weight excluding hydrogens is 538 g/mol. The predicted molar refractivity (Wildman–Crippen MR) is 173 cm³/mol. The van der Waals surface area contributed by atoms with E-state index in [1.54, 1.807) is 31.7 Å². The lowest BCUT2D eigenvalue weighted by Gasteiger charge is -2.36. The van der Waals surface area contributed by atoms with Crippen LogP contribution in [0.2, 0.25) is 0 Å². The van der Waals surface area contributed by atoms with E-state index in [0.717, 1.165) is 68.1 Å². The third-order valence-corrected chi connectivity index (χ3v) is 7.78. The second-order valence-electron chi connectivity index (χ2n) is 12.6. The number of alkyl carbamates (subject to hydrolysis) is 1. The highest BCUT2D eigenvalue weighted by Crippen LogP contribution is 2.27. The van der Waals surface area contributed by atoms with Gasteiger partial charge in [0.2, 0.25) is 11.8 Å². The molecule has 0 bridgehead atoms. The van der Waals surface area contributed by atoms with Crippen LogP contribution in [0.1, 0.15) is 108 Å². The highest BCUT2D eigenvalue weighted by atomic mass is 16.6. The summed E-state index contributed by atoms with van der Waals surface area (Å²) in [4.78, 5) is 43.5. The summed E-state index contributed by atoms with van der Waals surface area (Å²) >= 11 is 0. The Hall–Kier alpha value is -3.61. The van der Waals surface area contributed by atoms with Gasteiger partial charge in [0.25, 0.3) is 0 Å². The second kappa shape index (κ2) is 16.9. The minimum Gasteiger partial charge on any atom is -0.444 e. The van der Waals surface area contributed by atoms with E-state index in [0.29, 0.717) is 6.54 Å². The summed E-state index contributed by atoms with van der Waals surface area (Å²) in [6, 6.07) is 15.6. The summed E-state index contributed by atoms with van der Waals surface area (Å²) in [7, 11) is 0. The Bertz CT molecular complexity index is 1180. The van der Waals surface area contributed by atoms with Crippen LogP contribution in [-0.4, -0.2) is 47.0 Å². The first-order chi connectivity index (χ1) is 20.6. The number of benzene rings is 2. The smallest absolute Gasteiger partial charge is 0.408 e. The van der Waals surface area contributed by atoms with Crippen LogP contribution in [0.25, 0.3) is 6.08 Å². The fraction of sp³-hybridized carbons (Fsp3) is 0.528. The number of amides is 3. The zero-order valence-corrected chi connectivity index (χ0v) is 26.6. The van der Waals surface area contributed by atoms with Crippen LogP contribution >= 0.6 is 0 Å². The summed E-state index contributed by atoms with van der Waals surface area (Å²) in [5.74, 6) is -0.494. The molecule has 0 saturated heterocycles. The number of carbonyl (C=O) groups is 3. The Labute approximate surface area is 258 Å². The van der Waals surface area contributed by atoms with E-state index >= 15 is 0 Å². The Morgan fingerprint density at radius 1 is 1.00 bits per heavy atom. The molecule has 3 rings (SSSR count). The number of carbonyl (C=O) groups excluding carboxylic acids is 3. The highest BCUT2D eigenvalue weighted by molar-refractivity contribution is 5.92. The van der Waals surface area contributed by atoms with Crippen LogP contribution in [0.4, 0.5) is 4.79 Å². The van der Waals surface area contributed by atoms with E-state index in [1.807, 2.05) is 54.6 Å². The topological polar surface area (TPSA) is 87.7 Å². The van der Waals surface area contributed by atoms with Gasteiger partial charge < -0.3 is 20.3 Å². The number of unbranched alkanes of at least 4 members (excludes halogenated alkanes) is 3. The van der Waals surface area contributed by atoms with Crippen molar-refractivity contribution in [3.05, 3.63) is 77.9 Å². The van der Waals surface area contributed by atoms with Crippen LogP contribution in [0.3, 0.4) is 0 Å². The molecule has 0 heterocycles. The van der Waals surface area contributed by atoms with Crippen molar-refractivity contribution in [2.45, 2.75) is 116 Å². The van der Waals surface area contributed by atoms with Crippen LogP contribution in [-0.2, 0) is 20.7 Å². The van der Waals surface area contributed by atoms with Crippen LogP contribution in [0.15, 0.2) is 61.2 Å². The first-order valence-electron chi connectivity index (χ1n) is 16.0. The van der Waals surface area contributed by atoms with Gasteiger partial charge in [-0.2, -0.15) is 0 Å². The Morgan fingerprint density at radius 3 is 2.37 bits per heavy atom. The van der Waals surface area contributed by atoms with Gasteiger partial charge >= 0.3 is 6.09 Å². The molecular formula is C36H51N3O4. The van der Waals surface area contributed by atoms with Gasteiger partial charge in [-0.25, -0.2) is 4.79 Å². The Kier molecular flexibility index (Phi) is 13.3. The lowest BCUT2D eigenvalue weighted by molar-refractivity contribution is -0.143. The monoisotopic (exact) mass is 589 g/mol. The largest absolute Gasteiger partial charge is 0.444 e. The third kappa shape index (κ3) is 11.2. The van der Waals surface area contributed by atoms with Crippen molar-refractivity contribution in [1.82, 2.24) is 15.5 Å². The summed E-state index contributed by atoms with van der Waals surface area (Å²) in [5.41, 5.74) is 1.78. The van der Waals surface area contributed by atoms with Gasteiger partial charge in [0.1, 0.15) is 17.7 Å². The predicted octanol–water partition coefficient (Wildman–Crippen LogP) is 7.36. The standard InChI is InChI=1S/C36H51N3O4/c1-6-8-9-16-24-39(34(41)31(26-28-18-12-10-13-19-28)38-35(42)43-36(3,4)5)32(29-21-17-20-27(7-2)25-29)33(40)37-30-22-14-11-15-23-30/h7,10,12-13,17-21,25,30-32H,2,6,8-9,11,14-16,22-24,26H2,1,3-5H3,(H,37,40)(H,38,42). The molecule has 0 aliphatic heterocycles. The minimum absolute atomic E-state index is 0.0865. The molecule has 43 heavy (non-hydrogen) atoms. The lowest BCUT2D eigenvalue weighted by atomic mass is 9.94. The van der Waals surface area contributed by atoms with Crippen molar-refractivity contribution in [1.29, 1.82) is 0 Å². The molecule has 0 spiro atoms. The maximum Gasteiger partial charge on any atom is 0.408 e. The fourth-order valence-corrected chi connectivity index (χ4v) is 5.63. The first kappa shape index (κ1) is 33.9. The van der Waals surface area contributed by atoms with E-state index in [9.17, 15) is 14.4 Å². The zero-order chi connectivity index (χ0) is 31.2. The number of hydrogen-bond acceptors (Lipinski definition) is 4. The van der Waals surface area contributed by atoms with Gasteiger partial charge in [0.05, 0.1) is 0 Å². The Balaban J connectivity index is 2.03. The summed E-state index contributed by atoms with van der Waals surface area (Å²) < 4.78 is 5.56. The third-order valence-electron chi connectivity index (χ3n) is 7.78.